The van der Waals surface area contributed by atoms with Gasteiger partial charge in [0.2, 0.25) is 18.3 Å². The molecule has 2 aromatic carbocycles. The summed E-state index contributed by atoms with van der Waals surface area (Å²) in [4.78, 5) is 47.8. The molecule has 0 radical (unpaired) electrons. The Morgan fingerprint density at radius 3 is 2.13 bits per heavy atom. The molecule has 1 fully saturated rings. The second-order valence-corrected chi connectivity index (χ2v) is 10.5. The second kappa shape index (κ2) is 15.3. The van der Waals surface area contributed by atoms with Gasteiger partial charge < -0.3 is 33.2 Å². The number of rotatable bonds is 12. The quantitative estimate of drug-likeness (QED) is 0.227. The standard InChI is InChI=1S/C32H35FN2O11/c1-17-24(13-23-11-12-26(25(33)14-23)41-15-22-9-7-6-8-10-22)31(35-34-17)46-32-30(44-21(5)39)29(43-20(4)38)28(42-19(3)37)27(45-32)16-40-18(2)36/h6-12,14,27-30,32H,13,15-16H2,1-5H3,(H,34,35)/t27-,28-,29+,30-,32?/m1/s1. The molecule has 1 N–H and O–H groups in total. The van der Waals surface area contributed by atoms with Crippen LogP contribution in [0.3, 0.4) is 0 Å². The van der Waals surface area contributed by atoms with Crippen LogP contribution in [0.2, 0.25) is 0 Å². The number of ether oxygens (including phenoxy) is 7. The van der Waals surface area contributed by atoms with Crippen LogP contribution in [0.4, 0.5) is 4.39 Å². The minimum atomic E-state index is -1.48. The van der Waals surface area contributed by atoms with E-state index < -0.39 is 67.0 Å². The van der Waals surface area contributed by atoms with Crippen LogP contribution in [-0.4, -0.2) is 71.4 Å². The maximum atomic E-state index is 15.0. The summed E-state index contributed by atoms with van der Waals surface area (Å²) in [5.41, 5.74) is 2.57. The lowest BCUT2D eigenvalue weighted by Gasteiger charge is -2.43. The Bertz CT molecular complexity index is 1540. The fourth-order valence-corrected chi connectivity index (χ4v) is 4.84. The van der Waals surface area contributed by atoms with E-state index in [1.54, 1.807) is 13.0 Å². The summed E-state index contributed by atoms with van der Waals surface area (Å²) in [7, 11) is 0. The third kappa shape index (κ3) is 9.03. The molecule has 14 heteroatoms. The predicted molar refractivity (Wildman–Crippen MR) is 156 cm³/mol. The molecular formula is C32H35FN2O11. The highest BCUT2D eigenvalue weighted by atomic mass is 19.1. The number of esters is 4. The molecule has 1 saturated heterocycles. The van der Waals surface area contributed by atoms with Crippen LogP contribution in [0, 0.1) is 12.7 Å². The van der Waals surface area contributed by atoms with Crippen LogP contribution in [0.5, 0.6) is 11.6 Å². The molecule has 2 heterocycles. The Balaban J connectivity index is 1.60. The minimum absolute atomic E-state index is 0.0169. The number of H-pyrrole nitrogens is 1. The molecule has 0 saturated carbocycles. The first-order chi connectivity index (χ1) is 21.9. The highest BCUT2D eigenvalue weighted by Gasteiger charge is 2.53. The first-order valence-electron chi connectivity index (χ1n) is 14.4. The number of carbonyl (C=O) groups excluding carboxylic acids is 4. The minimum Gasteiger partial charge on any atom is -0.486 e. The van der Waals surface area contributed by atoms with Gasteiger partial charge in [-0.2, -0.15) is 0 Å². The number of hydrogen-bond acceptors (Lipinski definition) is 12. The van der Waals surface area contributed by atoms with Crippen molar-refractivity contribution < 1.29 is 56.7 Å². The lowest BCUT2D eigenvalue weighted by atomic mass is 9.98. The number of nitrogens with zero attached hydrogens (tertiary/aromatic N) is 1. The summed E-state index contributed by atoms with van der Waals surface area (Å²) in [6.45, 7) is 6.06. The van der Waals surface area contributed by atoms with E-state index in [0.717, 1.165) is 26.3 Å². The van der Waals surface area contributed by atoms with Crippen LogP contribution < -0.4 is 9.47 Å². The fourth-order valence-electron chi connectivity index (χ4n) is 4.84. The SMILES string of the molecule is CC(=O)OC[C@H]1OC(Oc2n[nH]c(C)c2Cc2ccc(OCc3ccccc3)c(F)c2)[C@H](OC(C)=O)[C@@H](OC(C)=O)[C@@H]1OC(C)=O. The van der Waals surface area contributed by atoms with E-state index in [4.69, 9.17) is 33.2 Å². The molecular weight excluding hydrogens is 607 g/mol. The van der Waals surface area contributed by atoms with Crippen molar-refractivity contribution in [2.75, 3.05) is 6.61 Å². The van der Waals surface area contributed by atoms with Gasteiger partial charge in [-0.05, 0) is 30.2 Å². The van der Waals surface area contributed by atoms with Crippen molar-refractivity contribution in [1.29, 1.82) is 0 Å². The molecule has 246 valence electrons. The van der Waals surface area contributed by atoms with Crippen molar-refractivity contribution in [3.63, 3.8) is 0 Å². The van der Waals surface area contributed by atoms with E-state index in [2.05, 4.69) is 10.2 Å². The summed E-state index contributed by atoms with van der Waals surface area (Å²) in [5, 5.41) is 7.03. The number of hydrogen-bond donors (Lipinski definition) is 1. The average Bonchev–Trinajstić information content (AvgIpc) is 3.32. The molecule has 4 rings (SSSR count). The number of benzene rings is 2. The maximum absolute atomic E-state index is 15.0. The highest BCUT2D eigenvalue weighted by Crippen LogP contribution is 2.33. The van der Waals surface area contributed by atoms with Crippen LogP contribution in [-0.2, 0) is 55.9 Å². The van der Waals surface area contributed by atoms with Crippen LogP contribution >= 0.6 is 0 Å². The zero-order chi connectivity index (χ0) is 33.4. The van der Waals surface area contributed by atoms with Crippen molar-refractivity contribution in [2.24, 2.45) is 0 Å². The van der Waals surface area contributed by atoms with Crippen LogP contribution in [0.1, 0.15) is 50.1 Å². The van der Waals surface area contributed by atoms with E-state index in [0.29, 0.717) is 16.8 Å². The second-order valence-electron chi connectivity index (χ2n) is 10.5. The third-order valence-corrected chi connectivity index (χ3v) is 6.83. The largest absolute Gasteiger partial charge is 0.486 e. The Hall–Kier alpha value is -4.98. The van der Waals surface area contributed by atoms with Gasteiger partial charge in [-0.15, -0.1) is 5.10 Å². The van der Waals surface area contributed by atoms with Gasteiger partial charge >= 0.3 is 23.9 Å². The van der Waals surface area contributed by atoms with Gasteiger partial charge in [-0.25, -0.2) is 4.39 Å². The molecule has 0 bridgehead atoms. The lowest BCUT2D eigenvalue weighted by Crippen LogP contribution is -2.63. The Morgan fingerprint density at radius 2 is 1.50 bits per heavy atom. The molecule has 3 aromatic rings. The highest BCUT2D eigenvalue weighted by molar-refractivity contribution is 5.68. The van der Waals surface area contributed by atoms with E-state index in [1.807, 2.05) is 30.3 Å². The average molecular weight is 643 g/mol. The summed E-state index contributed by atoms with van der Waals surface area (Å²) < 4.78 is 54.2. The summed E-state index contributed by atoms with van der Waals surface area (Å²) in [5.74, 6) is -3.41. The number of aromatic nitrogens is 2. The molecule has 0 amide bonds. The van der Waals surface area contributed by atoms with Crippen LogP contribution in [0.25, 0.3) is 0 Å². The van der Waals surface area contributed by atoms with E-state index >= 15 is 4.39 Å². The smallest absolute Gasteiger partial charge is 0.303 e. The summed E-state index contributed by atoms with van der Waals surface area (Å²) in [6.07, 6.45) is -6.70. The van der Waals surface area contributed by atoms with E-state index in [-0.39, 0.29) is 24.7 Å². The van der Waals surface area contributed by atoms with Gasteiger partial charge in [0, 0.05) is 45.4 Å². The number of nitrogens with one attached hydrogen (secondary N) is 1. The molecule has 13 nitrogen and oxygen atoms in total. The van der Waals surface area contributed by atoms with Gasteiger partial charge in [0.15, 0.2) is 23.8 Å². The molecule has 0 aliphatic carbocycles. The lowest BCUT2D eigenvalue weighted by molar-refractivity contribution is -0.289. The van der Waals surface area contributed by atoms with Gasteiger partial charge in [0.25, 0.3) is 0 Å². The van der Waals surface area contributed by atoms with Crippen molar-refractivity contribution in [3.8, 4) is 11.6 Å². The first-order valence-corrected chi connectivity index (χ1v) is 14.4. The third-order valence-electron chi connectivity index (χ3n) is 6.83. The Labute approximate surface area is 264 Å². The maximum Gasteiger partial charge on any atom is 0.303 e. The molecule has 0 spiro atoms. The molecule has 1 aliphatic rings. The topological polar surface area (TPSA) is 162 Å². The number of halogens is 1. The molecule has 1 aliphatic heterocycles. The van der Waals surface area contributed by atoms with Gasteiger partial charge in [-0.3, -0.25) is 24.3 Å². The van der Waals surface area contributed by atoms with Crippen molar-refractivity contribution in [1.82, 2.24) is 10.2 Å². The van der Waals surface area contributed by atoms with Gasteiger partial charge in [0.1, 0.15) is 19.3 Å². The van der Waals surface area contributed by atoms with Gasteiger partial charge in [0.05, 0.1) is 0 Å². The zero-order valence-corrected chi connectivity index (χ0v) is 25.9. The molecule has 1 aromatic heterocycles. The van der Waals surface area contributed by atoms with Crippen molar-refractivity contribution >= 4 is 23.9 Å². The van der Waals surface area contributed by atoms with Crippen molar-refractivity contribution in [3.05, 3.63) is 76.7 Å². The normalized spacial score (nSPS) is 20.7. The Kier molecular flexibility index (Phi) is 11.3. The van der Waals surface area contributed by atoms with E-state index in [9.17, 15) is 19.2 Å². The molecule has 46 heavy (non-hydrogen) atoms. The monoisotopic (exact) mass is 642 g/mol. The zero-order valence-electron chi connectivity index (χ0n) is 25.9. The number of aryl methyl sites for hydroxylation is 1. The van der Waals surface area contributed by atoms with Gasteiger partial charge in [-0.1, -0.05) is 36.4 Å². The number of aromatic amines is 1. The number of carbonyl (C=O) groups is 4. The summed E-state index contributed by atoms with van der Waals surface area (Å²) >= 11 is 0. The Morgan fingerprint density at radius 1 is 0.848 bits per heavy atom. The van der Waals surface area contributed by atoms with Crippen molar-refractivity contribution in [2.45, 2.75) is 78.4 Å². The predicted octanol–water partition coefficient (Wildman–Crippen LogP) is 3.49. The summed E-state index contributed by atoms with van der Waals surface area (Å²) in [6, 6.07) is 13.9. The van der Waals surface area contributed by atoms with E-state index in [1.165, 1.54) is 19.1 Å². The fraction of sp³-hybridized carbons (Fsp3) is 0.406. The molecule has 5 atom stereocenters. The molecule has 1 unspecified atom stereocenters. The first kappa shape index (κ1) is 33.9. The van der Waals surface area contributed by atoms with Crippen LogP contribution in [0.15, 0.2) is 48.5 Å².